The first kappa shape index (κ1) is 15.7. The van der Waals surface area contributed by atoms with E-state index in [-0.39, 0.29) is 12.2 Å². The van der Waals surface area contributed by atoms with E-state index < -0.39 is 7.60 Å². The van der Waals surface area contributed by atoms with Crippen molar-refractivity contribution in [1.82, 2.24) is 5.32 Å². The van der Waals surface area contributed by atoms with Crippen LogP contribution < -0.4 is 5.32 Å². The second-order valence-electron chi connectivity index (χ2n) is 4.12. The van der Waals surface area contributed by atoms with Gasteiger partial charge in [0.1, 0.15) is 0 Å². The lowest BCUT2D eigenvalue weighted by molar-refractivity contribution is 0.149. The Balaban J connectivity index is 4.41. The smallest absolute Gasteiger partial charge is 0.356 e. The normalized spacial score (nSPS) is 12.9. The fourth-order valence-electron chi connectivity index (χ4n) is 1.05. The summed E-state index contributed by atoms with van der Waals surface area (Å²) in [4.78, 5) is 0. The van der Waals surface area contributed by atoms with E-state index in [1.165, 1.54) is 5.82 Å². The van der Waals surface area contributed by atoms with Crippen molar-refractivity contribution >= 4 is 7.60 Å². The van der Waals surface area contributed by atoms with Gasteiger partial charge < -0.3 is 14.4 Å². The van der Waals surface area contributed by atoms with Crippen LogP contribution in [0, 0.1) is 0 Å². The molecule has 5 heteroatoms. The number of nitrogens with one attached hydrogen (secondary N) is 1. The summed E-state index contributed by atoms with van der Waals surface area (Å²) in [6.07, 6.45) is 2.42. The highest BCUT2D eigenvalue weighted by Gasteiger charge is 2.23. The van der Waals surface area contributed by atoms with Gasteiger partial charge in [0.05, 0.1) is 12.2 Å². The maximum absolute atomic E-state index is 12.2. The monoisotopic (exact) mass is 249 g/mol. The third kappa shape index (κ3) is 7.91. The number of hydrogen-bond acceptors (Lipinski definition) is 4. The molecule has 0 aromatic carbocycles. The van der Waals surface area contributed by atoms with Crippen LogP contribution in [0.25, 0.3) is 0 Å². The summed E-state index contributed by atoms with van der Waals surface area (Å²) < 4.78 is 22.9. The van der Waals surface area contributed by atoms with E-state index in [1.54, 1.807) is 6.20 Å². The number of hydrogen-bond donors (Lipinski definition) is 1. The maximum Gasteiger partial charge on any atom is 0.356 e. The highest BCUT2D eigenvalue weighted by molar-refractivity contribution is 7.57. The molecule has 0 rings (SSSR count). The Morgan fingerprint density at radius 1 is 1.19 bits per heavy atom. The predicted octanol–water partition coefficient (Wildman–Crippen LogP) is 3.50. The van der Waals surface area contributed by atoms with Crippen molar-refractivity contribution in [3.63, 3.8) is 0 Å². The van der Waals surface area contributed by atoms with Gasteiger partial charge in [-0.15, -0.1) is 0 Å². The van der Waals surface area contributed by atoms with Gasteiger partial charge in [-0.1, -0.05) is 6.92 Å². The van der Waals surface area contributed by atoms with Crippen LogP contribution in [-0.4, -0.2) is 18.8 Å². The Morgan fingerprint density at radius 3 is 2.06 bits per heavy atom. The molecule has 0 aliphatic carbocycles. The summed E-state index contributed by atoms with van der Waals surface area (Å²) in [6.45, 7) is 10.3. The van der Waals surface area contributed by atoms with Crippen molar-refractivity contribution in [1.29, 1.82) is 0 Å². The summed E-state index contributed by atoms with van der Waals surface area (Å²) in [5.74, 6) is 1.49. The minimum atomic E-state index is -3.11. The molecule has 0 radical (unpaired) electrons. The van der Waals surface area contributed by atoms with Crippen molar-refractivity contribution in [2.45, 2.75) is 53.2 Å². The van der Waals surface area contributed by atoms with Gasteiger partial charge in [0.2, 0.25) is 0 Å². The molecule has 0 spiro atoms. The first-order valence-corrected chi connectivity index (χ1v) is 7.38. The summed E-state index contributed by atoms with van der Waals surface area (Å²) in [6, 6.07) is 0. The molecule has 0 aliphatic rings. The fraction of sp³-hybridized carbons (Fsp3) is 0.818. The minimum absolute atomic E-state index is 0.125. The lowest BCUT2D eigenvalue weighted by Gasteiger charge is -2.19. The van der Waals surface area contributed by atoms with E-state index in [1.807, 2.05) is 27.7 Å². The first-order valence-electron chi connectivity index (χ1n) is 5.77. The molecule has 4 nitrogen and oxygen atoms in total. The third-order valence-corrected chi connectivity index (χ3v) is 3.43. The quantitative estimate of drug-likeness (QED) is 0.528. The zero-order chi connectivity index (χ0) is 12.6. The Kier molecular flexibility index (Phi) is 7.73. The Bertz CT molecular complexity index is 238. The SMILES string of the molecule is CCCN/C=C/P(=O)(OC(C)C)OC(C)C. The van der Waals surface area contributed by atoms with Gasteiger partial charge in [0, 0.05) is 18.6 Å². The zero-order valence-corrected chi connectivity index (χ0v) is 11.8. The minimum Gasteiger partial charge on any atom is -0.391 e. The molecule has 0 amide bonds. The molecule has 96 valence electrons. The van der Waals surface area contributed by atoms with Gasteiger partial charge in [0.25, 0.3) is 0 Å². The molecule has 0 saturated heterocycles. The van der Waals surface area contributed by atoms with Gasteiger partial charge in [0.15, 0.2) is 0 Å². The van der Waals surface area contributed by atoms with Crippen molar-refractivity contribution in [2.24, 2.45) is 0 Å². The van der Waals surface area contributed by atoms with Crippen LogP contribution in [0.4, 0.5) is 0 Å². The van der Waals surface area contributed by atoms with E-state index in [9.17, 15) is 4.57 Å². The van der Waals surface area contributed by atoms with Crippen LogP contribution in [0.2, 0.25) is 0 Å². The van der Waals surface area contributed by atoms with E-state index in [0.717, 1.165) is 13.0 Å². The highest BCUT2D eigenvalue weighted by Crippen LogP contribution is 2.51. The second kappa shape index (κ2) is 7.88. The van der Waals surface area contributed by atoms with E-state index in [2.05, 4.69) is 12.2 Å². The molecule has 0 aliphatic heterocycles. The first-order chi connectivity index (χ1) is 7.39. The summed E-state index contributed by atoms with van der Waals surface area (Å²) in [5, 5.41) is 3.02. The molecule has 0 aromatic rings. The number of rotatable bonds is 8. The Labute approximate surface area is 98.9 Å². The molecule has 0 heterocycles. The maximum atomic E-state index is 12.2. The van der Waals surface area contributed by atoms with E-state index in [0.29, 0.717) is 0 Å². The molecular weight excluding hydrogens is 225 g/mol. The zero-order valence-electron chi connectivity index (χ0n) is 10.9. The van der Waals surface area contributed by atoms with Crippen LogP contribution in [0.3, 0.4) is 0 Å². The van der Waals surface area contributed by atoms with Crippen LogP contribution >= 0.6 is 7.60 Å². The second-order valence-corrected chi connectivity index (χ2v) is 5.92. The molecule has 0 unspecified atom stereocenters. The van der Waals surface area contributed by atoms with Crippen LogP contribution in [0.5, 0.6) is 0 Å². The van der Waals surface area contributed by atoms with Gasteiger partial charge in [-0.05, 0) is 34.1 Å². The Morgan fingerprint density at radius 2 is 1.69 bits per heavy atom. The largest absolute Gasteiger partial charge is 0.391 e. The molecule has 1 N–H and O–H groups in total. The summed E-state index contributed by atoms with van der Waals surface area (Å²) in [5.41, 5.74) is 0. The van der Waals surface area contributed by atoms with Gasteiger partial charge in [-0.2, -0.15) is 0 Å². The molecule has 16 heavy (non-hydrogen) atoms. The fourth-order valence-corrected chi connectivity index (χ4v) is 2.71. The van der Waals surface area contributed by atoms with Crippen molar-refractivity contribution in [2.75, 3.05) is 6.54 Å². The average Bonchev–Trinajstić information content (AvgIpc) is 2.09. The van der Waals surface area contributed by atoms with Crippen molar-refractivity contribution < 1.29 is 13.6 Å². The van der Waals surface area contributed by atoms with Crippen LogP contribution in [0.1, 0.15) is 41.0 Å². The van der Waals surface area contributed by atoms with Gasteiger partial charge in [-0.25, -0.2) is 0 Å². The summed E-state index contributed by atoms with van der Waals surface area (Å²) in [7, 11) is -3.11. The molecule has 0 fully saturated rings. The lowest BCUT2D eigenvalue weighted by atomic mass is 10.5. The molecule has 0 aromatic heterocycles. The third-order valence-electron chi connectivity index (χ3n) is 1.48. The van der Waals surface area contributed by atoms with E-state index >= 15 is 0 Å². The van der Waals surface area contributed by atoms with Crippen LogP contribution in [-0.2, 0) is 13.6 Å². The van der Waals surface area contributed by atoms with Crippen molar-refractivity contribution in [3.05, 3.63) is 12.0 Å². The molecule has 0 bridgehead atoms. The lowest BCUT2D eigenvalue weighted by Crippen LogP contribution is -2.08. The van der Waals surface area contributed by atoms with Crippen LogP contribution in [0.15, 0.2) is 12.0 Å². The standard InChI is InChI=1S/C11H24NO3P/c1-6-7-12-8-9-16(13,14-10(2)3)15-11(4)5/h8-12H,6-7H2,1-5H3/b9-8+. The van der Waals surface area contributed by atoms with Gasteiger partial charge in [-0.3, -0.25) is 4.57 Å². The average molecular weight is 249 g/mol. The summed E-state index contributed by atoms with van der Waals surface area (Å²) >= 11 is 0. The molecular formula is C11H24NO3P. The predicted molar refractivity (Wildman–Crippen MR) is 67.5 cm³/mol. The van der Waals surface area contributed by atoms with Gasteiger partial charge >= 0.3 is 7.60 Å². The van der Waals surface area contributed by atoms with Crippen molar-refractivity contribution in [3.8, 4) is 0 Å². The molecule has 0 atom stereocenters. The van der Waals surface area contributed by atoms with E-state index in [4.69, 9.17) is 9.05 Å². The topological polar surface area (TPSA) is 47.6 Å². The molecule has 0 saturated carbocycles. The highest BCUT2D eigenvalue weighted by atomic mass is 31.2. The Hall–Kier alpha value is -0.310.